The highest BCUT2D eigenvalue weighted by atomic mass is 32.2. The molecule has 0 aliphatic rings. The minimum atomic E-state index is -3.89. The Morgan fingerprint density at radius 1 is 1.13 bits per heavy atom. The molecule has 0 bridgehead atoms. The van der Waals surface area contributed by atoms with Gasteiger partial charge in [-0.05, 0) is 36.4 Å². The molecule has 0 saturated carbocycles. The molecule has 0 fully saturated rings. The lowest BCUT2D eigenvalue weighted by atomic mass is 10.2. The van der Waals surface area contributed by atoms with Crippen molar-refractivity contribution in [1.29, 1.82) is 0 Å². The topological polar surface area (TPSA) is 129 Å². The molecular weight excluding hydrogens is 324 g/mol. The van der Waals surface area contributed by atoms with E-state index in [2.05, 4.69) is 9.71 Å². The van der Waals surface area contributed by atoms with Crippen LogP contribution in [0.3, 0.4) is 0 Å². The van der Waals surface area contributed by atoms with Gasteiger partial charge in [0.15, 0.2) is 5.58 Å². The molecule has 23 heavy (non-hydrogen) atoms. The van der Waals surface area contributed by atoms with Crippen LogP contribution in [0.5, 0.6) is 0 Å². The molecule has 9 heteroatoms. The first-order valence-electron chi connectivity index (χ1n) is 6.34. The number of carboxylic acids is 1. The Bertz CT molecular complexity index is 1050. The molecular formula is C14H10N2O6S. The van der Waals surface area contributed by atoms with Crippen molar-refractivity contribution in [2.75, 3.05) is 4.72 Å². The number of carboxylic acid groups (broad SMARTS) is 1. The summed E-state index contributed by atoms with van der Waals surface area (Å²) in [5, 5.41) is 8.81. The number of aromatic carboxylic acids is 1. The summed E-state index contributed by atoms with van der Waals surface area (Å²) in [6.07, 6.45) is 0. The minimum Gasteiger partial charge on any atom is -0.478 e. The lowest BCUT2D eigenvalue weighted by Crippen LogP contribution is -2.13. The molecule has 1 heterocycles. The number of hydrogen-bond acceptors (Lipinski definition) is 5. The maximum Gasteiger partial charge on any atom is 0.417 e. The Balaban J connectivity index is 1.92. The Morgan fingerprint density at radius 2 is 1.83 bits per heavy atom. The summed E-state index contributed by atoms with van der Waals surface area (Å²) >= 11 is 0. The fourth-order valence-corrected chi connectivity index (χ4v) is 3.05. The average molecular weight is 334 g/mol. The van der Waals surface area contributed by atoms with Crippen molar-refractivity contribution in [3.63, 3.8) is 0 Å². The van der Waals surface area contributed by atoms with Gasteiger partial charge >= 0.3 is 11.7 Å². The zero-order valence-corrected chi connectivity index (χ0v) is 12.3. The van der Waals surface area contributed by atoms with Crippen molar-refractivity contribution in [2.45, 2.75) is 4.90 Å². The van der Waals surface area contributed by atoms with Crippen LogP contribution in [-0.4, -0.2) is 24.5 Å². The van der Waals surface area contributed by atoms with Crippen LogP contribution < -0.4 is 10.5 Å². The fraction of sp³-hybridized carbons (Fsp3) is 0. The molecule has 1 aromatic heterocycles. The Morgan fingerprint density at radius 3 is 2.48 bits per heavy atom. The lowest BCUT2D eigenvalue weighted by molar-refractivity contribution is 0.0696. The van der Waals surface area contributed by atoms with E-state index in [1.165, 1.54) is 42.5 Å². The second-order valence-electron chi connectivity index (χ2n) is 4.66. The smallest absolute Gasteiger partial charge is 0.417 e. The summed E-state index contributed by atoms with van der Waals surface area (Å²) in [6, 6.07) is 9.14. The number of H-pyrrole nitrogens is 1. The normalized spacial score (nSPS) is 11.5. The Labute approximate surface area is 129 Å². The molecule has 0 spiro atoms. The summed E-state index contributed by atoms with van der Waals surface area (Å²) in [5.41, 5.74) is 0.863. The molecule has 3 aromatic rings. The van der Waals surface area contributed by atoms with Gasteiger partial charge in [0, 0.05) is 6.07 Å². The highest BCUT2D eigenvalue weighted by molar-refractivity contribution is 7.92. The van der Waals surface area contributed by atoms with Crippen LogP contribution in [-0.2, 0) is 10.0 Å². The van der Waals surface area contributed by atoms with Crippen molar-refractivity contribution in [3.8, 4) is 0 Å². The molecule has 0 aliphatic heterocycles. The van der Waals surface area contributed by atoms with Gasteiger partial charge in [0.2, 0.25) is 0 Å². The van der Waals surface area contributed by atoms with Gasteiger partial charge in [-0.3, -0.25) is 9.71 Å². The average Bonchev–Trinajstić information content (AvgIpc) is 2.86. The maximum absolute atomic E-state index is 12.3. The number of anilines is 1. The highest BCUT2D eigenvalue weighted by Gasteiger charge is 2.15. The van der Waals surface area contributed by atoms with Gasteiger partial charge in [0.25, 0.3) is 10.0 Å². The fourth-order valence-electron chi connectivity index (χ4n) is 2.00. The van der Waals surface area contributed by atoms with Crippen LogP contribution in [0.2, 0.25) is 0 Å². The number of nitrogens with one attached hydrogen (secondary N) is 2. The molecule has 0 saturated heterocycles. The molecule has 3 rings (SSSR count). The third-order valence-corrected chi connectivity index (χ3v) is 4.48. The largest absolute Gasteiger partial charge is 0.478 e. The van der Waals surface area contributed by atoms with Crippen LogP contribution in [0.4, 0.5) is 5.69 Å². The van der Waals surface area contributed by atoms with Crippen LogP contribution in [0.15, 0.2) is 56.6 Å². The number of aromatic nitrogens is 1. The molecule has 118 valence electrons. The van der Waals surface area contributed by atoms with E-state index in [9.17, 15) is 18.0 Å². The first-order valence-corrected chi connectivity index (χ1v) is 7.82. The number of oxazole rings is 1. The number of fused-ring (bicyclic) bond motifs is 1. The van der Waals surface area contributed by atoms with E-state index in [1.807, 2.05) is 0 Å². The van der Waals surface area contributed by atoms with Crippen LogP contribution in [0.1, 0.15) is 10.4 Å². The van der Waals surface area contributed by atoms with E-state index in [1.54, 1.807) is 0 Å². The summed E-state index contributed by atoms with van der Waals surface area (Å²) in [7, 11) is -3.89. The molecule has 8 nitrogen and oxygen atoms in total. The van der Waals surface area contributed by atoms with Crippen molar-refractivity contribution in [3.05, 3.63) is 58.6 Å². The van der Waals surface area contributed by atoms with Crippen molar-refractivity contribution < 1.29 is 22.7 Å². The molecule has 2 aromatic carbocycles. The third kappa shape index (κ3) is 2.94. The third-order valence-electron chi connectivity index (χ3n) is 3.08. The molecule has 0 atom stereocenters. The van der Waals surface area contributed by atoms with Crippen molar-refractivity contribution >= 4 is 32.8 Å². The number of sulfonamides is 1. The van der Waals surface area contributed by atoms with E-state index in [4.69, 9.17) is 9.52 Å². The van der Waals surface area contributed by atoms with E-state index in [0.29, 0.717) is 5.52 Å². The van der Waals surface area contributed by atoms with Gasteiger partial charge in [-0.25, -0.2) is 18.0 Å². The number of hydrogen-bond donors (Lipinski definition) is 3. The minimum absolute atomic E-state index is 0.0144. The van der Waals surface area contributed by atoms with Gasteiger partial charge in [0.05, 0.1) is 21.7 Å². The van der Waals surface area contributed by atoms with Crippen molar-refractivity contribution in [1.82, 2.24) is 4.98 Å². The van der Waals surface area contributed by atoms with E-state index >= 15 is 0 Å². The monoisotopic (exact) mass is 334 g/mol. The van der Waals surface area contributed by atoms with Crippen LogP contribution in [0, 0.1) is 0 Å². The second kappa shape index (κ2) is 5.29. The summed E-state index contributed by atoms with van der Waals surface area (Å²) in [6.45, 7) is 0. The van der Waals surface area contributed by atoms with Crippen LogP contribution >= 0.6 is 0 Å². The van der Waals surface area contributed by atoms with Gasteiger partial charge in [0.1, 0.15) is 0 Å². The van der Waals surface area contributed by atoms with E-state index in [0.717, 1.165) is 0 Å². The SMILES string of the molecule is O=C(O)c1ccc(S(=O)(=O)Nc2ccc3[nH]c(=O)oc3c2)cc1. The Kier molecular flexibility index (Phi) is 3.41. The number of rotatable bonds is 4. The van der Waals surface area contributed by atoms with Gasteiger partial charge in [-0.15, -0.1) is 0 Å². The first-order chi connectivity index (χ1) is 10.8. The van der Waals surface area contributed by atoms with Crippen LogP contribution in [0.25, 0.3) is 11.1 Å². The summed E-state index contributed by atoms with van der Waals surface area (Å²) in [4.78, 5) is 24.2. The molecule has 0 aliphatic carbocycles. The van der Waals surface area contributed by atoms with E-state index in [-0.39, 0.29) is 21.7 Å². The summed E-state index contributed by atoms with van der Waals surface area (Å²) in [5.74, 6) is -1.78. The zero-order valence-electron chi connectivity index (χ0n) is 11.4. The molecule has 0 amide bonds. The molecule has 3 N–H and O–H groups in total. The maximum atomic E-state index is 12.3. The van der Waals surface area contributed by atoms with Gasteiger partial charge < -0.3 is 9.52 Å². The van der Waals surface area contributed by atoms with Gasteiger partial charge in [-0.2, -0.15) is 0 Å². The number of benzene rings is 2. The first kappa shape index (κ1) is 14.9. The summed E-state index contributed by atoms with van der Waals surface area (Å²) < 4.78 is 31.7. The Hall–Kier alpha value is -3.07. The van der Waals surface area contributed by atoms with Gasteiger partial charge in [-0.1, -0.05) is 0 Å². The molecule has 0 radical (unpaired) electrons. The lowest BCUT2D eigenvalue weighted by Gasteiger charge is -2.08. The standard InChI is InChI=1S/C14H10N2O6S/c17-13(18)8-1-4-10(5-2-8)23(20,21)16-9-3-6-11-12(7-9)22-14(19)15-11/h1-7,16H,(H,15,19)(H,17,18). The number of carbonyl (C=O) groups is 1. The predicted molar refractivity (Wildman–Crippen MR) is 81.0 cm³/mol. The quantitative estimate of drug-likeness (QED) is 0.665. The van der Waals surface area contributed by atoms with E-state index < -0.39 is 21.7 Å². The number of aromatic amines is 1. The predicted octanol–water partition coefficient (Wildman–Crippen LogP) is 1.62. The highest BCUT2D eigenvalue weighted by Crippen LogP contribution is 2.20. The second-order valence-corrected chi connectivity index (χ2v) is 6.34. The zero-order chi connectivity index (χ0) is 16.6. The molecule has 0 unspecified atom stereocenters. The van der Waals surface area contributed by atoms with Crippen molar-refractivity contribution in [2.24, 2.45) is 0 Å².